The SMILES string of the molecule is CC(C)NC(=O)O[C@@H]1CC[C@H](c2cc(Nc3cccc4c3N(C)S(=O)(=O)C4)n(C(C)(C)C)n2)C1. The van der Waals surface area contributed by atoms with Crippen LogP contribution in [0.25, 0.3) is 0 Å². The molecule has 4 rings (SSSR count). The number of fused-ring (bicyclic) bond motifs is 1. The molecule has 1 saturated carbocycles. The van der Waals surface area contributed by atoms with Gasteiger partial charge in [0.2, 0.25) is 10.0 Å². The molecule has 10 heteroatoms. The van der Waals surface area contributed by atoms with E-state index in [0.29, 0.717) is 5.69 Å². The average Bonchev–Trinajstić information content (AvgIpc) is 3.38. The van der Waals surface area contributed by atoms with E-state index in [2.05, 4.69) is 31.4 Å². The van der Waals surface area contributed by atoms with E-state index in [1.165, 1.54) is 4.31 Å². The minimum atomic E-state index is -3.34. The first-order valence-corrected chi connectivity index (χ1v) is 13.4. The zero-order valence-electron chi connectivity index (χ0n) is 20.8. The van der Waals surface area contributed by atoms with Crippen molar-refractivity contribution in [2.24, 2.45) is 0 Å². The van der Waals surface area contributed by atoms with Gasteiger partial charge in [0.15, 0.2) is 0 Å². The highest BCUT2D eigenvalue weighted by Gasteiger charge is 2.34. The van der Waals surface area contributed by atoms with Crippen LogP contribution in [0.3, 0.4) is 0 Å². The molecule has 0 bridgehead atoms. The van der Waals surface area contributed by atoms with E-state index < -0.39 is 10.0 Å². The molecular weight excluding hydrogens is 454 g/mol. The Labute approximate surface area is 201 Å². The van der Waals surface area contributed by atoms with Crippen LogP contribution >= 0.6 is 0 Å². The fourth-order valence-electron chi connectivity index (χ4n) is 4.69. The molecule has 0 saturated heterocycles. The molecule has 1 aromatic carbocycles. The number of rotatable bonds is 5. The summed E-state index contributed by atoms with van der Waals surface area (Å²) >= 11 is 0. The van der Waals surface area contributed by atoms with Crippen molar-refractivity contribution in [3.63, 3.8) is 0 Å². The number of carbonyl (C=O) groups is 1. The van der Waals surface area contributed by atoms with Crippen LogP contribution in [0, 0.1) is 0 Å². The molecule has 0 unspecified atom stereocenters. The topological polar surface area (TPSA) is 106 Å². The first kappa shape index (κ1) is 24.4. The molecule has 1 aliphatic heterocycles. The molecule has 9 nitrogen and oxygen atoms in total. The Bertz CT molecular complexity index is 1180. The second-order valence-corrected chi connectivity index (χ2v) is 12.5. The third kappa shape index (κ3) is 4.87. The number of alkyl carbamates (subject to hydrolysis) is 1. The van der Waals surface area contributed by atoms with Crippen LogP contribution in [-0.2, 0) is 26.1 Å². The summed E-state index contributed by atoms with van der Waals surface area (Å²) in [5, 5.41) is 11.2. The van der Waals surface area contributed by atoms with Crippen LogP contribution in [0.5, 0.6) is 0 Å². The Morgan fingerprint density at radius 2 is 1.97 bits per heavy atom. The number of carbonyl (C=O) groups excluding carboxylic acids is 1. The van der Waals surface area contributed by atoms with Crippen LogP contribution in [0.2, 0.25) is 0 Å². The van der Waals surface area contributed by atoms with Gasteiger partial charge in [0.05, 0.1) is 28.4 Å². The standard InChI is InChI=1S/C24H35N5O4S/c1-15(2)25-23(30)33-18-11-10-16(12-18)20-13-21(29(27-20)24(3,4)5)26-19-9-7-8-17-14-34(31,32)28(6)22(17)19/h7-9,13,15-16,18,26H,10-12,14H2,1-6H3,(H,25,30)/t16-,18+/m0/s1. The Morgan fingerprint density at radius 1 is 1.24 bits per heavy atom. The van der Waals surface area contributed by atoms with Crippen molar-refractivity contribution >= 4 is 33.3 Å². The van der Waals surface area contributed by atoms with Crippen molar-refractivity contribution in [3.8, 4) is 0 Å². The van der Waals surface area contributed by atoms with Gasteiger partial charge < -0.3 is 15.4 Å². The highest BCUT2D eigenvalue weighted by atomic mass is 32.2. The third-order valence-electron chi connectivity index (χ3n) is 6.30. The van der Waals surface area contributed by atoms with Crippen LogP contribution in [0.4, 0.5) is 22.0 Å². The Morgan fingerprint density at radius 3 is 2.65 bits per heavy atom. The first-order chi connectivity index (χ1) is 15.8. The van der Waals surface area contributed by atoms with E-state index in [0.717, 1.165) is 42.0 Å². The number of benzene rings is 1. The summed E-state index contributed by atoms with van der Waals surface area (Å²) in [5.74, 6) is 0.993. The van der Waals surface area contributed by atoms with Gasteiger partial charge in [-0.1, -0.05) is 12.1 Å². The summed E-state index contributed by atoms with van der Waals surface area (Å²) in [6, 6.07) is 7.68. The van der Waals surface area contributed by atoms with Crippen molar-refractivity contribution in [1.82, 2.24) is 15.1 Å². The smallest absolute Gasteiger partial charge is 0.407 e. The van der Waals surface area contributed by atoms with E-state index >= 15 is 0 Å². The van der Waals surface area contributed by atoms with Gasteiger partial charge in [0, 0.05) is 25.1 Å². The second kappa shape index (κ2) is 8.79. The normalized spacial score (nSPS) is 21.6. The zero-order chi connectivity index (χ0) is 24.8. The molecule has 34 heavy (non-hydrogen) atoms. The highest BCUT2D eigenvalue weighted by molar-refractivity contribution is 7.92. The highest BCUT2D eigenvalue weighted by Crippen LogP contribution is 2.42. The van der Waals surface area contributed by atoms with Crippen LogP contribution < -0.4 is 14.9 Å². The molecule has 2 heterocycles. The number of hydrogen-bond donors (Lipinski definition) is 2. The van der Waals surface area contributed by atoms with Crippen molar-refractivity contribution in [2.45, 2.75) is 83.2 Å². The first-order valence-electron chi connectivity index (χ1n) is 11.8. The molecule has 0 spiro atoms. The average molecular weight is 490 g/mol. The van der Waals surface area contributed by atoms with Gasteiger partial charge in [0.1, 0.15) is 11.9 Å². The number of sulfonamides is 1. The van der Waals surface area contributed by atoms with E-state index in [1.807, 2.05) is 42.8 Å². The van der Waals surface area contributed by atoms with Gasteiger partial charge in [0.25, 0.3) is 0 Å². The molecule has 2 aromatic rings. The molecule has 1 fully saturated rings. The number of anilines is 3. The van der Waals surface area contributed by atoms with Gasteiger partial charge in [-0.15, -0.1) is 0 Å². The summed E-state index contributed by atoms with van der Waals surface area (Å²) < 4.78 is 33.8. The predicted molar refractivity (Wildman–Crippen MR) is 133 cm³/mol. The van der Waals surface area contributed by atoms with E-state index in [4.69, 9.17) is 9.84 Å². The molecule has 2 aliphatic rings. The molecule has 1 aliphatic carbocycles. The van der Waals surface area contributed by atoms with E-state index in [1.54, 1.807) is 7.05 Å². The van der Waals surface area contributed by atoms with E-state index in [-0.39, 0.29) is 35.4 Å². The molecule has 2 N–H and O–H groups in total. The fraction of sp³-hybridized carbons (Fsp3) is 0.583. The van der Waals surface area contributed by atoms with Crippen molar-refractivity contribution < 1.29 is 17.9 Å². The summed E-state index contributed by atoms with van der Waals surface area (Å²) in [6.07, 6.45) is 1.92. The number of nitrogens with one attached hydrogen (secondary N) is 2. The molecule has 186 valence electrons. The molecule has 1 aromatic heterocycles. The summed E-state index contributed by atoms with van der Waals surface area (Å²) in [4.78, 5) is 12.0. The maximum absolute atomic E-state index is 12.4. The van der Waals surface area contributed by atoms with Crippen molar-refractivity contribution in [3.05, 3.63) is 35.5 Å². The number of ether oxygens (including phenoxy) is 1. The number of amides is 1. The lowest BCUT2D eigenvalue weighted by Crippen LogP contribution is -2.33. The van der Waals surface area contributed by atoms with Crippen molar-refractivity contribution in [1.29, 1.82) is 0 Å². The monoisotopic (exact) mass is 489 g/mol. The fourth-order valence-corrected chi connectivity index (χ4v) is 6.00. The number of para-hydroxylation sites is 1. The minimum Gasteiger partial charge on any atom is -0.446 e. The second-order valence-electron chi connectivity index (χ2n) is 10.5. The summed E-state index contributed by atoms with van der Waals surface area (Å²) in [7, 11) is -1.75. The van der Waals surface area contributed by atoms with Gasteiger partial charge >= 0.3 is 6.09 Å². The zero-order valence-corrected chi connectivity index (χ0v) is 21.6. The molecular formula is C24H35N5O4S. The quantitative estimate of drug-likeness (QED) is 0.644. The number of hydrogen-bond acceptors (Lipinski definition) is 6. The Kier molecular flexibility index (Phi) is 6.30. The Balaban J connectivity index is 1.58. The Hall–Kier alpha value is -2.75. The number of aromatic nitrogens is 2. The van der Waals surface area contributed by atoms with Gasteiger partial charge in [-0.3, -0.25) is 4.31 Å². The number of nitrogens with zero attached hydrogens (tertiary/aromatic N) is 3. The van der Waals surface area contributed by atoms with Crippen molar-refractivity contribution in [2.75, 3.05) is 16.7 Å². The largest absolute Gasteiger partial charge is 0.446 e. The van der Waals surface area contributed by atoms with Crippen LogP contribution in [0.15, 0.2) is 24.3 Å². The maximum Gasteiger partial charge on any atom is 0.407 e. The summed E-state index contributed by atoms with van der Waals surface area (Å²) in [6.45, 7) is 10.1. The minimum absolute atomic E-state index is 0.00594. The van der Waals surface area contributed by atoms with E-state index in [9.17, 15) is 13.2 Å². The van der Waals surface area contributed by atoms with Crippen LogP contribution in [-0.4, -0.2) is 43.5 Å². The van der Waals surface area contributed by atoms with Gasteiger partial charge in [-0.2, -0.15) is 5.10 Å². The van der Waals surface area contributed by atoms with Gasteiger partial charge in [-0.05, 0) is 65.5 Å². The summed E-state index contributed by atoms with van der Waals surface area (Å²) in [5.41, 5.74) is 2.85. The predicted octanol–water partition coefficient (Wildman–Crippen LogP) is 4.43. The lowest BCUT2D eigenvalue weighted by molar-refractivity contribution is 0.0981. The van der Waals surface area contributed by atoms with Gasteiger partial charge in [-0.25, -0.2) is 17.9 Å². The molecule has 1 amide bonds. The van der Waals surface area contributed by atoms with Crippen LogP contribution in [0.1, 0.15) is 71.1 Å². The maximum atomic E-state index is 12.4. The molecule has 2 atom stereocenters. The molecule has 0 radical (unpaired) electrons. The third-order valence-corrected chi connectivity index (χ3v) is 7.99. The lowest BCUT2D eigenvalue weighted by atomic mass is 10.0. The lowest BCUT2D eigenvalue weighted by Gasteiger charge is -2.24.